The van der Waals surface area contributed by atoms with Crippen molar-refractivity contribution < 1.29 is 9.53 Å². The lowest BCUT2D eigenvalue weighted by Gasteiger charge is -2.31. The fourth-order valence-corrected chi connectivity index (χ4v) is 3.12. The van der Waals surface area contributed by atoms with E-state index in [9.17, 15) is 4.79 Å². The fourth-order valence-electron chi connectivity index (χ4n) is 3.12. The van der Waals surface area contributed by atoms with Gasteiger partial charge in [-0.25, -0.2) is 0 Å². The van der Waals surface area contributed by atoms with Gasteiger partial charge in [-0.15, -0.1) is 0 Å². The topological polar surface area (TPSA) is 50.4 Å². The second-order valence-corrected chi connectivity index (χ2v) is 6.47. The third-order valence-electron chi connectivity index (χ3n) is 4.22. The molecule has 4 heteroatoms. The second-order valence-electron chi connectivity index (χ2n) is 6.47. The molecule has 1 aromatic rings. The molecule has 1 heterocycles. The van der Waals surface area contributed by atoms with Crippen LogP contribution in [0.3, 0.4) is 0 Å². The number of amides is 1. The summed E-state index contributed by atoms with van der Waals surface area (Å²) in [5.41, 5.74) is 1.74. The van der Waals surface area contributed by atoms with Crippen LogP contribution in [0, 0.1) is 5.92 Å². The van der Waals surface area contributed by atoms with Crippen LogP contribution < -0.4 is 15.4 Å². The van der Waals surface area contributed by atoms with Crippen LogP contribution in [0.4, 0.5) is 0 Å². The molecule has 0 saturated carbocycles. The molecule has 0 radical (unpaired) electrons. The largest absolute Gasteiger partial charge is 0.492 e. The second kappa shape index (κ2) is 7.63. The van der Waals surface area contributed by atoms with E-state index < -0.39 is 0 Å². The molecule has 122 valence electrons. The molecule has 0 aliphatic carbocycles. The first-order chi connectivity index (χ1) is 10.5. The van der Waals surface area contributed by atoms with Gasteiger partial charge < -0.3 is 15.4 Å². The van der Waals surface area contributed by atoms with Crippen LogP contribution in [0.15, 0.2) is 18.2 Å². The average molecular weight is 304 g/mol. The minimum Gasteiger partial charge on any atom is -0.492 e. The monoisotopic (exact) mass is 304 g/mol. The maximum absolute atomic E-state index is 12.0. The molecule has 22 heavy (non-hydrogen) atoms. The van der Waals surface area contributed by atoms with Crippen molar-refractivity contribution in [3.63, 3.8) is 0 Å². The highest BCUT2D eigenvalue weighted by atomic mass is 16.5. The summed E-state index contributed by atoms with van der Waals surface area (Å²) in [4.78, 5) is 12.0. The lowest BCUT2D eigenvalue weighted by atomic mass is 9.94. The number of nitrogens with one attached hydrogen (secondary N) is 2. The summed E-state index contributed by atoms with van der Waals surface area (Å²) in [5.74, 6) is 1.47. The zero-order valence-corrected chi connectivity index (χ0v) is 14.1. The van der Waals surface area contributed by atoms with Crippen molar-refractivity contribution in [3.05, 3.63) is 29.3 Å². The minimum atomic E-state index is -0.0460. The zero-order valence-electron chi connectivity index (χ0n) is 14.1. The molecule has 2 N–H and O–H groups in total. The summed E-state index contributed by atoms with van der Waals surface area (Å²) in [6.45, 7) is 7.38. The van der Waals surface area contributed by atoms with E-state index in [2.05, 4.69) is 31.4 Å². The van der Waals surface area contributed by atoms with Gasteiger partial charge >= 0.3 is 0 Å². The first kappa shape index (κ1) is 16.8. The molecular weight excluding hydrogens is 276 g/mol. The normalized spacial score (nSPS) is 18.5. The lowest BCUT2D eigenvalue weighted by molar-refractivity contribution is 0.0960. The van der Waals surface area contributed by atoms with Crippen LogP contribution in [-0.4, -0.2) is 31.6 Å². The third-order valence-corrected chi connectivity index (χ3v) is 4.22. The molecule has 1 unspecified atom stereocenters. The Morgan fingerprint density at radius 1 is 1.41 bits per heavy atom. The average Bonchev–Trinajstić information content (AvgIpc) is 2.52. The van der Waals surface area contributed by atoms with Gasteiger partial charge in [0, 0.05) is 30.3 Å². The van der Waals surface area contributed by atoms with E-state index in [0.29, 0.717) is 18.6 Å². The van der Waals surface area contributed by atoms with Gasteiger partial charge in [-0.1, -0.05) is 26.8 Å². The van der Waals surface area contributed by atoms with E-state index >= 15 is 0 Å². The zero-order chi connectivity index (χ0) is 16.1. The standard InChI is InChI=1S/C18H28N2O2/c1-5-13(9-12(2)3)20-14-10-16-15(18(21)19-4)7-6-8-17(16)22-11-14/h6-8,12-14,20H,5,9-11H2,1-4H3,(H,19,21)/t13?,14-/m1/s1. The molecule has 4 nitrogen and oxygen atoms in total. The fraction of sp³-hybridized carbons (Fsp3) is 0.611. The summed E-state index contributed by atoms with van der Waals surface area (Å²) < 4.78 is 5.88. The van der Waals surface area contributed by atoms with Gasteiger partial charge in [0.25, 0.3) is 5.91 Å². The van der Waals surface area contributed by atoms with Gasteiger partial charge in [0.1, 0.15) is 12.4 Å². The third kappa shape index (κ3) is 4.01. The van der Waals surface area contributed by atoms with E-state index in [-0.39, 0.29) is 11.9 Å². The van der Waals surface area contributed by atoms with Gasteiger partial charge in [0.2, 0.25) is 0 Å². The molecule has 0 fully saturated rings. The van der Waals surface area contributed by atoms with Crippen LogP contribution >= 0.6 is 0 Å². The number of rotatable bonds is 6. The molecule has 0 saturated heterocycles. The number of fused-ring (bicyclic) bond motifs is 1. The minimum absolute atomic E-state index is 0.0460. The van der Waals surface area contributed by atoms with Crippen LogP contribution in [0.25, 0.3) is 0 Å². The Bertz CT molecular complexity index is 514. The van der Waals surface area contributed by atoms with Crippen LogP contribution in [-0.2, 0) is 6.42 Å². The van der Waals surface area contributed by atoms with E-state index in [4.69, 9.17) is 4.74 Å². The molecule has 0 bridgehead atoms. The first-order valence-corrected chi connectivity index (χ1v) is 8.27. The Morgan fingerprint density at radius 2 is 2.18 bits per heavy atom. The smallest absolute Gasteiger partial charge is 0.251 e. The van der Waals surface area contributed by atoms with Gasteiger partial charge in [0.15, 0.2) is 0 Å². The Kier molecular flexibility index (Phi) is 5.83. The highest BCUT2D eigenvalue weighted by Crippen LogP contribution is 2.28. The van der Waals surface area contributed by atoms with Gasteiger partial charge in [-0.3, -0.25) is 4.79 Å². The molecule has 1 aliphatic rings. The van der Waals surface area contributed by atoms with Crippen molar-refractivity contribution in [1.29, 1.82) is 0 Å². The van der Waals surface area contributed by atoms with Gasteiger partial charge in [-0.05, 0) is 37.3 Å². The summed E-state index contributed by atoms with van der Waals surface area (Å²) >= 11 is 0. The number of carbonyl (C=O) groups is 1. The maximum atomic E-state index is 12.0. The van der Waals surface area contributed by atoms with E-state index in [0.717, 1.165) is 36.1 Å². The van der Waals surface area contributed by atoms with Crippen molar-refractivity contribution in [1.82, 2.24) is 10.6 Å². The number of carbonyl (C=O) groups excluding carboxylic acids is 1. The lowest BCUT2D eigenvalue weighted by Crippen LogP contribution is -2.45. The van der Waals surface area contributed by atoms with Crippen LogP contribution in [0.5, 0.6) is 5.75 Å². The van der Waals surface area contributed by atoms with Crippen LogP contribution in [0.1, 0.15) is 49.5 Å². The number of ether oxygens (including phenoxy) is 1. The summed E-state index contributed by atoms with van der Waals surface area (Å²) in [7, 11) is 1.66. The molecule has 1 aliphatic heterocycles. The highest BCUT2D eigenvalue weighted by Gasteiger charge is 2.25. The molecule has 1 aromatic carbocycles. The Hall–Kier alpha value is -1.55. The summed E-state index contributed by atoms with van der Waals surface area (Å²) in [6.07, 6.45) is 3.11. The molecule has 1 amide bonds. The molecule has 0 aromatic heterocycles. The first-order valence-electron chi connectivity index (χ1n) is 8.27. The molecule has 2 atom stereocenters. The summed E-state index contributed by atoms with van der Waals surface area (Å²) in [6, 6.07) is 6.47. The van der Waals surface area contributed by atoms with Crippen molar-refractivity contribution in [2.75, 3.05) is 13.7 Å². The Labute approximate surface area is 133 Å². The van der Waals surface area contributed by atoms with Gasteiger partial charge in [0.05, 0.1) is 0 Å². The van der Waals surface area contributed by atoms with Gasteiger partial charge in [-0.2, -0.15) is 0 Å². The Balaban J connectivity index is 2.11. The SMILES string of the molecule is CCC(CC(C)C)N[C@H]1COc2cccc(C(=O)NC)c2C1. The van der Waals surface area contributed by atoms with Crippen molar-refractivity contribution in [2.45, 2.75) is 52.1 Å². The van der Waals surface area contributed by atoms with E-state index in [1.54, 1.807) is 7.05 Å². The van der Waals surface area contributed by atoms with Crippen molar-refractivity contribution >= 4 is 5.91 Å². The highest BCUT2D eigenvalue weighted by molar-refractivity contribution is 5.96. The summed E-state index contributed by atoms with van der Waals surface area (Å²) in [5, 5.41) is 6.41. The number of hydrogen-bond donors (Lipinski definition) is 2. The van der Waals surface area contributed by atoms with Crippen molar-refractivity contribution in [2.24, 2.45) is 5.92 Å². The maximum Gasteiger partial charge on any atom is 0.251 e. The quantitative estimate of drug-likeness (QED) is 0.849. The predicted molar refractivity (Wildman–Crippen MR) is 89.5 cm³/mol. The molecular formula is C18H28N2O2. The number of hydrogen-bond acceptors (Lipinski definition) is 3. The van der Waals surface area contributed by atoms with Crippen LogP contribution in [0.2, 0.25) is 0 Å². The number of benzene rings is 1. The molecule has 0 spiro atoms. The molecule has 2 rings (SSSR count). The van der Waals surface area contributed by atoms with E-state index in [1.807, 2.05) is 18.2 Å². The van der Waals surface area contributed by atoms with E-state index in [1.165, 1.54) is 0 Å². The predicted octanol–water partition coefficient (Wildman–Crippen LogP) is 2.76. The van der Waals surface area contributed by atoms with Crippen molar-refractivity contribution in [3.8, 4) is 5.75 Å². The Morgan fingerprint density at radius 3 is 2.82 bits per heavy atom.